The molecule has 0 bridgehead atoms. The van der Waals surface area contributed by atoms with Crippen LogP contribution in [0.1, 0.15) is 38.4 Å². The average molecular weight is 194 g/mol. The molecule has 0 atom stereocenters. The quantitative estimate of drug-likeness (QED) is 0.764. The molecule has 78 valence electrons. The topological polar surface area (TPSA) is 42.7 Å². The first-order valence-electron chi connectivity index (χ1n) is 5.38. The van der Waals surface area contributed by atoms with Crippen LogP contribution in [0.2, 0.25) is 0 Å². The lowest BCUT2D eigenvalue weighted by Gasteiger charge is -2.09. The van der Waals surface area contributed by atoms with Crippen molar-refractivity contribution in [3.8, 4) is 0 Å². The Morgan fingerprint density at radius 2 is 2.36 bits per heavy atom. The predicted molar refractivity (Wildman–Crippen MR) is 55.1 cm³/mol. The van der Waals surface area contributed by atoms with Gasteiger partial charge < -0.3 is 9.88 Å². The number of hydrogen-bond acceptors (Lipinski definition) is 3. The van der Waals surface area contributed by atoms with Gasteiger partial charge in [-0.2, -0.15) is 0 Å². The standard InChI is InChI=1S/C10H18N4/c1-8(2)11-5-6-14-7-12-13-10(14)9-3-4-9/h7-9,11H,3-6H2,1-2H3. The summed E-state index contributed by atoms with van der Waals surface area (Å²) >= 11 is 0. The van der Waals surface area contributed by atoms with Crippen LogP contribution in [-0.2, 0) is 6.54 Å². The fraction of sp³-hybridized carbons (Fsp3) is 0.800. The minimum Gasteiger partial charge on any atom is -0.316 e. The van der Waals surface area contributed by atoms with E-state index in [1.54, 1.807) is 0 Å². The van der Waals surface area contributed by atoms with Gasteiger partial charge in [0, 0.05) is 25.0 Å². The van der Waals surface area contributed by atoms with E-state index < -0.39 is 0 Å². The highest BCUT2D eigenvalue weighted by Crippen LogP contribution is 2.38. The molecule has 1 saturated carbocycles. The number of aromatic nitrogens is 3. The van der Waals surface area contributed by atoms with Gasteiger partial charge in [-0.25, -0.2) is 0 Å². The lowest BCUT2D eigenvalue weighted by molar-refractivity contribution is 0.531. The van der Waals surface area contributed by atoms with Gasteiger partial charge in [0.05, 0.1) is 0 Å². The molecule has 1 aromatic heterocycles. The van der Waals surface area contributed by atoms with Crippen molar-refractivity contribution in [2.45, 2.75) is 45.2 Å². The number of hydrogen-bond donors (Lipinski definition) is 1. The molecule has 4 heteroatoms. The Labute approximate surface area is 84.7 Å². The Hall–Kier alpha value is -0.900. The highest BCUT2D eigenvalue weighted by atomic mass is 15.3. The van der Waals surface area contributed by atoms with Crippen LogP contribution in [0.3, 0.4) is 0 Å². The highest BCUT2D eigenvalue weighted by Gasteiger charge is 2.28. The minimum atomic E-state index is 0.552. The molecular weight excluding hydrogens is 176 g/mol. The van der Waals surface area contributed by atoms with Gasteiger partial charge in [0.25, 0.3) is 0 Å². The van der Waals surface area contributed by atoms with Crippen LogP contribution < -0.4 is 5.32 Å². The second kappa shape index (κ2) is 4.09. The van der Waals surface area contributed by atoms with Crippen LogP contribution >= 0.6 is 0 Å². The molecule has 0 spiro atoms. The molecule has 0 saturated heterocycles. The highest BCUT2D eigenvalue weighted by molar-refractivity contribution is 5.04. The molecule has 2 rings (SSSR count). The molecule has 14 heavy (non-hydrogen) atoms. The van der Waals surface area contributed by atoms with Crippen molar-refractivity contribution in [1.29, 1.82) is 0 Å². The van der Waals surface area contributed by atoms with Crippen molar-refractivity contribution >= 4 is 0 Å². The van der Waals surface area contributed by atoms with E-state index >= 15 is 0 Å². The first kappa shape index (κ1) is 9.65. The van der Waals surface area contributed by atoms with Gasteiger partial charge >= 0.3 is 0 Å². The van der Waals surface area contributed by atoms with E-state index in [9.17, 15) is 0 Å². The third kappa shape index (κ3) is 2.32. The molecule has 1 heterocycles. The molecule has 0 aliphatic heterocycles. The zero-order valence-electron chi connectivity index (χ0n) is 8.90. The Balaban J connectivity index is 1.85. The molecule has 1 aliphatic carbocycles. The van der Waals surface area contributed by atoms with E-state index in [4.69, 9.17) is 0 Å². The molecule has 1 fully saturated rings. The van der Waals surface area contributed by atoms with E-state index in [2.05, 4.69) is 33.9 Å². The maximum atomic E-state index is 4.16. The normalized spacial score (nSPS) is 16.5. The fourth-order valence-corrected chi connectivity index (χ4v) is 1.57. The van der Waals surface area contributed by atoms with Crippen molar-refractivity contribution in [2.75, 3.05) is 6.54 Å². The van der Waals surface area contributed by atoms with Gasteiger partial charge in [-0.15, -0.1) is 10.2 Å². The summed E-state index contributed by atoms with van der Waals surface area (Å²) < 4.78 is 2.17. The predicted octanol–water partition coefficient (Wildman–Crippen LogP) is 1.15. The van der Waals surface area contributed by atoms with Gasteiger partial charge in [0.15, 0.2) is 0 Å². The second-order valence-corrected chi connectivity index (χ2v) is 4.27. The first-order chi connectivity index (χ1) is 6.77. The maximum absolute atomic E-state index is 4.16. The molecular formula is C10H18N4. The van der Waals surface area contributed by atoms with Gasteiger partial charge in [-0.05, 0) is 12.8 Å². The number of nitrogens with one attached hydrogen (secondary N) is 1. The summed E-state index contributed by atoms with van der Waals surface area (Å²) in [6.45, 7) is 6.30. The second-order valence-electron chi connectivity index (χ2n) is 4.27. The van der Waals surface area contributed by atoms with Crippen molar-refractivity contribution in [3.05, 3.63) is 12.2 Å². The molecule has 1 aromatic rings. The Morgan fingerprint density at radius 1 is 1.57 bits per heavy atom. The van der Waals surface area contributed by atoms with Gasteiger partial charge in [0.1, 0.15) is 12.2 Å². The van der Waals surface area contributed by atoms with Crippen molar-refractivity contribution in [3.63, 3.8) is 0 Å². The summed E-state index contributed by atoms with van der Waals surface area (Å²) in [7, 11) is 0. The zero-order valence-corrected chi connectivity index (χ0v) is 8.90. The van der Waals surface area contributed by atoms with E-state index in [1.165, 1.54) is 18.7 Å². The van der Waals surface area contributed by atoms with E-state index in [0.29, 0.717) is 12.0 Å². The Bertz CT molecular complexity index is 288. The summed E-state index contributed by atoms with van der Waals surface area (Å²) in [5.74, 6) is 1.87. The summed E-state index contributed by atoms with van der Waals surface area (Å²) in [6.07, 6.45) is 4.42. The Kier molecular flexibility index (Phi) is 2.82. The average Bonchev–Trinajstić information content (AvgIpc) is 2.87. The smallest absolute Gasteiger partial charge is 0.135 e. The summed E-state index contributed by atoms with van der Waals surface area (Å²) in [5.41, 5.74) is 0. The van der Waals surface area contributed by atoms with Crippen LogP contribution in [0.4, 0.5) is 0 Å². The van der Waals surface area contributed by atoms with Crippen LogP contribution in [0.25, 0.3) is 0 Å². The van der Waals surface area contributed by atoms with Gasteiger partial charge in [-0.3, -0.25) is 0 Å². The van der Waals surface area contributed by atoms with E-state index in [-0.39, 0.29) is 0 Å². The van der Waals surface area contributed by atoms with Gasteiger partial charge in [-0.1, -0.05) is 13.8 Å². The SMILES string of the molecule is CC(C)NCCn1cnnc1C1CC1. The maximum Gasteiger partial charge on any atom is 0.135 e. The van der Waals surface area contributed by atoms with Crippen molar-refractivity contribution in [2.24, 2.45) is 0 Å². The van der Waals surface area contributed by atoms with Crippen LogP contribution in [-0.4, -0.2) is 27.4 Å². The molecule has 4 nitrogen and oxygen atoms in total. The van der Waals surface area contributed by atoms with Crippen molar-refractivity contribution in [1.82, 2.24) is 20.1 Å². The van der Waals surface area contributed by atoms with E-state index in [0.717, 1.165) is 13.1 Å². The molecule has 1 N–H and O–H groups in total. The molecule has 0 unspecified atom stereocenters. The molecule has 0 amide bonds. The number of rotatable bonds is 5. The summed E-state index contributed by atoms with van der Waals surface area (Å²) in [5, 5.41) is 11.5. The Morgan fingerprint density at radius 3 is 3.00 bits per heavy atom. The molecule has 0 aromatic carbocycles. The van der Waals surface area contributed by atoms with E-state index in [1.807, 2.05) is 6.33 Å². The van der Waals surface area contributed by atoms with Crippen molar-refractivity contribution < 1.29 is 0 Å². The lowest BCUT2D eigenvalue weighted by Crippen LogP contribution is -2.26. The largest absolute Gasteiger partial charge is 0.316 e. The third-order valence-corrected chi connectivity index (χ3v) is 2.49. The monoisotopic (exact) mass is 194 g/mol. The minimum absolute atomic E-state index is 0.552. The van der Waals surface area contributed by atoms with Crippen LogP contribution in [0.15, 0.2) is 6.33 Å². The van der Waals surface area contributed by atoms with Gasteiger partial charge in [0.2, 0.25) is 0 Å². The molecule has 0 radical (unpaired) electrons. The van der Waals surface area contributed by atoms with Crippen LogP contribution in [0, 0.1) is 0 Å². The summed E-state index contributed by atoms with van der Waals surface area (Å²) in [6, 6.07) is 0.552. The number of nitrogens with zero attached hydrogens (tertiary/aromatic N) is 3. The fourth-order valence-electron chi connectivity index (χ4n) is 1.57. The first-order valence-corrected chi connectivity index (χ1v) is 5.38. The van der Waals surface area contributed by atoms with Crippen LogP contribution in [0.5, 0.6) is 0 Å². The summed E-state index contributed by atoms with van der Waals surface area (Å²) in [4.78, 5) is 0. The molecule has 1 aliphatic rings. The zero-order chi connectivity index (χ0) is 9.97. The lowest BCUT2D eigenvalue weighted by atomic mass is 10.3. The third-order valence-electron chi connectivity index (χ3n) is 2.49.